The van der Waals surface area contributed by atoms with Crippen LogP contribution in [-0.4, -0.2) is 11.4 Å². The van der Waals surface area contributed by atoms with Crippen molar-refractivity contribution in [3.8, 4) is 0 Å². The molecular weight excluding hydrogens is 254 g/mol. The number of carbonyl (C=O) groups excluding carboxylic acids is 1. The summed E-state index contributed by atoms with van der Waals surface area (Å²) in [6.07, 6.45) is 3.40. The van der Waals surface area contributed by atoms with Gasteiger partial charge in [0, 0.05) is 15.6 Å². The molecule has 1 aromatic rings. The van der Waals surface area contributed by atoms with E-state index in [0.717, 1.165) is 22.9 Å². The van der Waals surface area contributed by atoms with Crippen LogP contribution in [0.4, 0.5) is 0 Å². The van der Waals surface area contributed by atoms with Crippen molar-refractivity contribution in [2.75, 3.05) is 0 Å². The molecule has 0 aliphatic heterocycles. The van der Waals surface area contributed by atoms with Crippen LogP contribution in [0.1, 0.15) is 36.5 Å². The van der Waals surface area contributed by atoms with Crippen LogP contribution in [-0.2, 0) is 0 Å². The van der Waals surface area contributed by atoms with Crippen LogP contribution < -0.4 is 5.32 Å². The monoisotopic (exact) mass is 267 g/mol. The lowest BCUT2D eigenvalue weighted by molar-refractivity contribution is 0.0850. The molecule has 80 valence electrons. The van der Waals surface area contributed by atoms with Crippen LogP contribution in [0, 0.1) is 0 Å². The summed E-state index contributed by atoms with van der Waals surface area (Å²) in [6, 6.07) is 7.48. The zero-order chi connectivity index (χ0) is 10.9. The summed E-state index contributed by atoms with van der Waals surface area (Å²) in [5, 5.41) is 3.08. The van der Waals surface area contributed by atoms with E-state index in [1.54, 1.807) is 0 Å². The van der Waals surface area contributed by atoms with Crippen molar-refractivity contribution in [3.05, 3.63) is 34.3 Å². The van der Waals surface area contributed by atoms with Gasteiger partial charge >= 0.3 is 0 Å². The molecule has 0 atom stereocenters. The number of amides is 1. The molecule has 0 aromatic heterocycles. The van der Waals surface area contributed by atoms with Gasteiger partial charge < -0.3 is 5.32 Å². The number of halogens is 1. The molecule has 0 unspecified atom stereocenters. The van der Waals surface area contributed by atoms with Gasteiger partial charge in [0.25, 0.3) is 5.91 Å². The molecule has 0 radical (unpaired) electrons. The zero-order valence-electron chi connectivity index (χ0n) is 8.72. The second-order valence-corrected chi connectivity index (χ2v) is 5.29. The SMILES string of the molecule is CC1(NC(=O)c2cccc(Br)c2)CCC1. The maximum Gasteiger partial charge on any atom is 0.251 e. The Hall–Kier alpha value is -0.830. The van der Waals surface area contributed by atoms with Gasteiger partial charge in [0.05, 0.1) is 0 Å². The second kappa shape index (κ2) is 3.97. The van der Waals surface area contributed by atoms with Crippen molar-refractivity contribution >= 4 is 21.8 Å². The third kappa shape index (κ3) is 2.40. The molecule has 2 nitrogen and oxygen atoms in total. The van der Waals surface area contributed by atoms with E-state index in [4.69, 9.17) is 0 Å². The average molecular weight is 268 g/mol. The first-order valence-electron chi connectivity index (χ1n) is 5.17. The fourth-order valence-electron chi connectivity index (χ4n) is 1.81. The molecular formula is C12H14BrNO. The molecule has 1 aliphatic carbocycles. The molecule has 0 saturated heterocycles. The van der Waals surface area contributed by atoms with E-state index < -0.39 is 0 Å². The first-order chi connectivity index (χ1) is 7.09. The second-order valence-electron chi connectivity index (χ2n) is 4.38. The van der Waals surface area contributed by atoms with Crippen molar-refractivity contribution in [3.63, 3.8) is 0 Å². The maximum atomic E-state index is 11.9. The molecule has 0 heterocycles. The van der Waals surface area contributed by atoms with Gasteiger partial charge in [-0.15, -0.1) is 0 Å². The molecule has 3 heteroatoms. The number of hydrogen-bond donors (Lipinski definition) is 1. The van der Waals surface area contributed by atoms with Crippen molar-refractivity contribution < 1.29 is 4.79 Å². The van der Waals surface area contributed by atoms with Crippen LogP contribution in [0.15, 0.2) is 28.7 Å². The first kappa shape index (κ1) is 10.7. The van der Waals surface area contributed by atoms with Gasteiger partial charge in [-0.05, 0) is 44.4 Å². The average Bonchev–Trinajstić information content (AvgIpc) is 2.15. The summed E-state index contributed by atoms with van der Waals surface area (Å²) >= 11 is 3.36. The van der Waals surface area contributed by atoms with Crippen molar-refractivity contribution in [1.29, 1.82) is 0 Å². The van der Waals surface area contributed by atoms with E-state index in [1.807, 2.05) is 24.3 Å². The molecule has 0 bridgehead atoms. The normalized spacial score (nSPS) is 18.0. The number of benzene rings is 1. The highest BCUT2D eigenvalue weighted by Gasteiger charge is 2.33. The standard InChI is InChI=1S/C12H14BrNO/c1-12(6-3-7-12)14-11(15)9-4-2-5-10(13)8-9/h2,4-5,8H,3,6-7H2,1H3,(H,14,15). The van der Waals surface area contributed by atoms with Crippen molar-refractivity contribution in [2.24, 2.45) is 0 Å². The van der Waals surface area contributed by atoms with Gasteiger partial charge in [-0.2, -0.15) is 0 Å². The van der Waals surface area contributed by atoms with Crippen LogP contribution in [0.5, 0.6) is 0 Å². The predicted octanol–water partition coefficient (Wildman–Crippen LogP) is 3.12. The van der Waals surface area contributed by atoms with Crippen molar-refractivity contribution in [1.82, 2.24) is 5.32 Å². The van der Waals surface area contributed by atoms with Gasteiger partial charge in [-0.3, -0.25) is 4.79 Å². The number of nitrogens with one attached hydrogen (secondary N) is 1. The highest BCUT2D eigenvalue weighted by Crippen LogP contribution is 2.31. The summed E-state index contributed by atoms with van der Waals surface area (Å²) in [7, 11) is 0. The number of carbonyl (C=O) groups is 1. The number of rotatable bonds is 2. The zero-order valence-corrected chi connectivity index (χ0v) is 10.3. The quantitative estimate of drug-likeness (QED) is 0.877. The van der Waals surface area contributed by atoms with E-state index in [2.05, 4.69) is 28.2 Å². The summed E-state index contributed by atoms with van der Waals surface area (Å²) in [5.41, 5.74) is 0.747. The largest absolute Gasteiger partial charge is 0.347 e. The molecule has 1 N–H and O–H groups in total. The van der Waals surface area contributed by atoms with Gasteiger partial charge in [0.1, 0.15) is 0 Å². The fraction of sp³-hybridized carbons (Fsp3) is 0.417. The third-order valence-electron chi connectivity index (χ3n) is 2.96. The number of hydrogen-bond acceptors (Lipinski definition) is 1. The Balaban J connectivity index is 2.08. The minimum absolute atomic E-state index is 0.0264. The molecule has 2 rings (SSSR count). The van der Waals surface area contributed by atoms with E-state index in [9.17, 15) is 4.79 Å². The van der Waals surface area contributed by atoms with Gasteiger partial charge in [0.15, 0.2) is 0 Å². The predicted molar refractivity (Wildman–Crippen MR) is 63.9 cm³/mol. The Bertz CT molecular complexity index is 385. The van der Waals surface area contributed by atoms with E-state index in [0.29, 0.717) is 0 Å². The van der Waals surface area contributed by atoms with Gasteiger partial charge in [-0.25, -0.2) is 0 Å². The van der Waals surface area contributed by atoms with Crippen LogP contribution in [0.3, 0.4) is 0 Å². The van der Waals surface area contributed by atoms with Crippen molar-refractivity contribution in [2.45, 2.75) is 31.7 Å². The Morgan fingerprint density at radius 3 is 2.73 bits per heavy atom. The van der Waals surface area contributed by atoms with E-state index in [-0.39, 0.29) is 11.4 Å². The minimum Gasteiger partial charge on any atom is -0.347 e. The molecule has 1 aliphatic rings. The maximum absolute atomic E-state index is 11.9. The molecule has 1 saturated carbocycles. The highest BCUT2D eigenvalue weighted by molar-refractivity contribution is 9.10. The fourth-order valence-corrected chi connectivity index (χ4v) is 2.21. The Labute approximate surface area is 98.2 Å². The van der Waals surface area contributed by atoms with E-state index in [1.165, 1.54) is 6.42 Å². The summed E-state index contributed by atoms with van der Waals surface area (Å²) in [6.45, 7) is 2.10. The lowest BCUT2D eigenvalue weighted by Crippen LogP contribution is -2.50. The Morgan fingerprint density at radius 1 is 1.47 bits per heavy atom. The molecule has 1 fully saturated rings. The summed E-state index contributed by atoms with van der Waals surface area (Å²) in [5.74, 6) is 0.0264. The first-order valence-corrected chi connectivity index (χ1v) is 5.96. The summed E-state index contributed by atoms with van der Waals surface area (Å²) in [4.78, 5) is 11.9. The molecule has 15 heavy (non-hydrogen) atoms. The van der Waals surface area contributed by atoms with Gasteiger partial charge in [-0.1, -0.05) is 22.0 Å². The lowest BCUT2D eigenvalue weighted by atomic mass is 9.78. The molecule has 1 aromatic carbocycles. The van der Waals surface area contributed by atoms with E-state index >= 15 is 0 Å². The van der Waals surface area contributed by atoms with Crippen LogP contribution in [0.2, 0.25) is 0 Å². The Morgan fingerprint density at radius 2 is 2.20 bits per heavy atom. The van der Waals surface area contributed by atoms with Gasteiger partial charge in [0.2, 0.25) is 0 Å². The van der Waals surface area contributed by atoms with Crippen LogP contribution in [0.25, 0.3) is 0 Å². The lowest BCUT2D eigenvalue weighted by Gasteiger charge is -2.39. The van der Waals surface area contributed by atoms with Crippen LogP contribution >= 0.6 is 15.9 Å². The smallest absolute Gasteiger partial charge is 0.251 e. The summed E-state index contributed by atoms with van der Waals surface area (Å²) < 4.78 is 0.939. The third-order valence-corrected chi connectivity index (χ3v) is 3.45. The molecule has 0 spiro atoms. The highest BCUT2D eigenvalue weighted by atomic mass is 79.9. The Kier molecular flexibility index (Phi) is 2.83. The minimum atomic E-state index is 0.0264. The topological polar surface area (TPSA) is 29.1 Å². The molecule has 1 amide bonds.